The van der Waals surface area contributed by atoms with E-state index in [1.54, 1.807) is 0 Å². The molecule has 0 aliphatic rings. The molecule has 5 aromatic carbocycles. The van der Waals surface area contributed by atoms with Crippen LogP contribution in [-0.2, 0) is 0 Å². The van der Waals surface area contributed by atoms with Gasteiger partial charge in [-0.2, -0.15) is 10.5 Å². The van der Waals surface area contributed by atoms with E-state index >= 15 is 0 Å². The van der Waals surface area contributed by atoms with Gasteiger partial charge in [0.2, 0.25) is 0 Å². The molecular weight excluding hydrogens is 502 g/mol. The molecule has 0 amide bonds. The Morgan fingerprint density at radius 1 is 0.488 bits per heavy atom. The maximum absolute atomic E-state index is 9.54. The molecule has 0 saturated carbocycles. The summed E-state index contributed by atoms with van der Waals surface area (Å²) in [5, 5.41) is 21.0. The SMILES string of the molecule is N#Cc1ccc2c(c1)c1cc(C#N)ccc1n2-c1cccc(-c2cc(-c3ccccc3)nc(-c3ccccc3)n2)c1. The molecule has 41 heavy (non-hydrogen) atoms. The molecule has 5 heteroatoms. The first kappa shape index (κ1) is 24.0. The molecule has 7 rings (SSSR count). The van der Waals surface area contributed by atoms with Gasteiger partial charge in [-0.05, 0) is 54.6 Å². The molecule has 0 aliphatic heterocycles. The van der Waals surface area contributed by atoms with Crippen molar-refractivity contribution in [1.82, 2.24) is 14.5 Å². The first-order chi connectivity index (χ1) is 20.2. The predicted octanol–water partition coefficient (Wildman–Crippen LogP) is 8.32. The molecule has 0 unspecified atom stereocenters. The second-order valence-electron chi connectivity index (χ2n) is 9.77. The number of benzene rings is 5. The smallest absolute Gasteiger partial charge is 0.160 e. The molecule has 2 aromatic heterocycles. The Hall–Kier alpha value is -6.04. The fourth-order valence-electron chi connectivity index (χ4n) is 5.31. The molecule has 0 saturated heterocycles. The van der Waals surface area contributed by atoms with Gasteiger partial charge in [0.25, 0.3) is 0 Å². The molecule has 190 valence electrons. The Balaban J connectivity index is 1.44. The number of fused-ring (bicyclic) bond motifs is 3. The minimum absolute atomic E-state index is 0.579. The Morgan fingerprint density at radius 3 is 1.61 bits per heavy atom. The molecule has 2 heterocycles. The lowest BCUT2D eigenvalue weighted by atomic mass is 10.1. The highest BCUT2D eigenvalue weighted by molar-refractivity contribution is 6.10. The highest BCUT2D eigenvalue weighted by Crippen LogP contribution is 2.35. The summed E-state index contributed by atoms with van der Waals surface area (Å²) in [4.78, 5) is 9.92. The summed E-state index contributed by atoms with van der Waals surface area (Å²) in [5.41, 5.74) is 8.64. The highest BCUT2D eigenvalue weighted by atomic mass is 15.0. The lowest BCUT2D eigenvalue weighted by Crippen LogP contribution is -1.98. The Morgan fingerprint density at radius 2 is 1.02 bits per heavy atom. The van der Waals surface area contributed by atoms with Crippen molar-refractivity contribution >= 4 is 21.8 Å². The third kappa shape index (κ3) is 4.29. The van der Waals surface area contributed by atoms with Crippen molar-refractivity contribution in [2.24, 2.45) is 0 Å². The number of nitrogens with zero attached hydrogens (tertiary/aromatic N) is 5. The van der Waals surface area contributed by atoms with Crippen LogP contribution in [0, 0.1) is 22.7 Å². The van der Waals surface area contributed by atoms with Crippen LogP contribution in [0.15, 0.2) is 127 Å². The minimum atomic E-state index is 0.579. The highest BCUT2D eigenvalue weighted by Gasteiger charge is 2.16. The zero-order valence-corrected chi connectivity index (χ0v) is 21.9. The topological polar surface area (TPSA) is 78.3 Å². The van der Waals surface area contributed by atoms with Crippen LogP contribution in [0.4, 0.5) is 0 Å². The Labute approximate surface area is 236 Å². The van der Waals surface area contributed by atoms with E-state index in [2.05, 4.69) is 47.0 Å². The first-order valence-corrected chi connectivity index (χ1v) is 13.2. The summed E-state index contributed by atoms with van der Waals surface area (Å²) in [6.45, 7) is 0. The summed E-state index contributed by atoms with van der Waals surface area (Å²) < 4.78 is 2.17. The molecule has 0 radical (unpaired) electrons. The minimum Gasteiger partial charge on any atom is -0.309 e. The van der Waals surface area contributed by atoms with Gasteiger partial charge in [0.15, 0.2) is 5.82 Å². The average Bonchev–Trinajstić information content (AvgIpc) is 3.38. The zero-order valence-electron chi connectivity index (χ0n) is 21.9. The van der Waals surface area contributed by atoms with Crippen LogP contribution < -0.4 is 0 Å². The van der Waals surface area contributed by atoms with Crippen molar-refractivity contribution in [3.8, 4) is 51.7 Å². The van der Waals surface area contributed by atoms with Crippen molar-refractivity contribution in [1.29, 1.82) is 10.5 Å². The number of rotatable bonds is 4. The van der Waals surface area contributed by atoms with Gasteiger partial charge in [-0.3, -0.25) is 0 Å². The molecule has 7 aromatic rings. The van der Waals surface area contributed by atoms with E-state index in [0.29, 0.717) is 17.0 Å². The van der Waals surface area contributed by atoms with Crippen molar-refractivity contribution in [2.75, 3.05) is 0 Å². The van der Waals surface area contributed by atoms with Gasteiger partial charge < -0.3 is 4.57 Å². The number of hydrogen-bond acceptors (Lipinski definition) is 4. The van der Waals surface area contributed by atoms with Gasteiger partial charge >= 0.3 is 0 Å². The third-order valence-corrected chi connectivity index (χ3v) is 7.25. The van der Waals surface area contributed by atoms with Crippen molar-refractivity contribution in [3.63, 3.8) is 0 Å². The lowest BCUT2D eigenvalue weighted by molar-refractivity contribution is 1.16. The van der Waals surface area contributed by atoms with Crippen LogP contribution in [0.5, 0.6) is 0 Å². The quantitative estimate of drug-likeness (QED) is 0.232. The van der Waals surface area contributed by atoms with Crippen LogP contribution in [0.25, 0.3) is 61.4 Å². The molecule has 0 aliphatic carbocycles. The van der Waals surface area contributed by atoms with Crippen LogP contribution in [0.3, 0.4) is 0 Å². The zero-order chi connectivity index (χ0) is 27.8. The summed E-state index contributed by atoms with van der Waals surface area (Å²) in [6, 6.07) is 46.3. The normalized spacial score (nSPS) is 10.9. The molecule has 0 bridgehead atoms. The molecule has 0 spiro atoms. The van der Waals surface area contributed by atoms with Crippen LogP contribution >= 0.6 is 0 Å². The molecular formula is C36H21N5. The van der Waals surface area contributed by atoms with E-state index in [9.17, 15) is 10.5 Å². The van der Waals surface area contributed by atoms with Gasteiger partial charge in [0.1, 0.15) is 0 Å². The predicted molar refractivity (Wildman–Crippen MR) is 162 cm³/mol. The fourth-order valence-corrected chi connectivity index (χ4v) is 5.31. The average molecular weight is 524 g/mol. The molecule has 0 fully saturated rings. The van der Waals surface area contributed by atoms with Gasteiger partial charge in [0.05, 0.1) is 45.7 Å². The van der Waals surface area contributed by atoms with Crippen molar-refractivity contribution in [3.05, 3.63) is 139 Å². The number of nitriles is 2. The summed E-state index contributed by atoms with van der Waals surface area (Å²) in [6.07, 6.45) is 0. The van der Waals surface area contributed by atoms with E-state index in [1.165, 1.54) is 0 Å². The maximum atomic E-state index is 9.54. The van der Waals surface area contributed by atoms with Gasteiger partial charge in [-0.25, -0.2) is 9.97 Å². The molecule has 0 atom stereocenters. The second-order valence-corrected chi connectivity index (χ2v) is 9.77. The molecule has 5 nitrogen and oxygen atoms in total. The van der Waals surface area contributed by atoms with Gasteiger partial charge in [0, 0.05) is 33.2 Å². The maximum Gasteiger partial charge on any atom is 0.160 e. The van der Waals surface area contributed by atoms with Crippen LogP contribution in [-0.4, -0.2) is 14.5 Å². The van der Waals surface area contributed by atoms with Crippen LogP contribution in [0.2, 0.25) is 0 Å². The van der Waals surface area contributed by atoms with Crippen molar-refractivity contribution < 1.29 is 0 Å². The number of aromatic nitrogens is 3. The van der Waals surface area contributed by atoms with Gasteiger partial charge in [-0.1, -0.05) is 72.8 Å². The largest absolute Gasteiger partial charge is 0.309 e. The van der Waals surface area contributed by atoms with Gasteiger partial charge in [-0.15, -0.1) is 0 Å². The second kappa shape index (κ2) is 9.93. The molecule has 0 N–H and O–H groups in total. The van der Waals surface area contributed by atoms with E-state index in [0.717, 1.165) is 55.6 Å². The lowest BCUT2D eigenvalue weighted by Gasteiger charge is -2.12. The van der Waals surface area contributed by atoms with Crippen molar-refractivity contribution in [2.45, 2.75) is 0 Å². The van der Waals surface area contributed by atoms with E-state index in [4.69, 9.17) is 9.97 Å². The first-order valence-electron chi connectivity index (χ1n) is 13.2. The Bertz CT molecular complexity index is 2040. The fraction of sp³-hybridized carbons (Fsp3) is 0. The Kier molecular flexibility index (Phi) is 5.82. The van der Waals surface area contributed by atoms with Crippen LogP contribution in [0.1, 0.15) is 11.1 Å². The number of hydrogen-bond donors (Lipinski definition) is 0. The third-order valence-electron chi connectivity index (χ3n) is 7.25. The summed E-state index contributed by atoms with van der Waals surface area (Å²) in [5.74, 6) is 0.664. The summed E-state index contributed by atoms with van der Waals surface area (Å²) >= 11 is 0. The van der Waals surface area contributed by atoms with E-state index < -0.39 is 0 Å². The van der Waals surface area contributed by atoms with E-state index in [1.807, 2.05) is 97.1 Å². The monoisotopic (exact) mass is 523 g/mol. The standard InChI is InChI=1S/C36H21N5/c37-22-24-14-16-34-30(18-24)31-19-25(23-38)15-17-35(31)41(34)29-13-7-12-28(20-29)33-21-32(26-8-3-1-4-9-26)39-36(40-33)27-10-5-2-6-11-27/h1-21H. The van der Waals surface area contributed by atoms with E-state index in [-0.39, 0.29) is 0 Å². The summed E-state index contributed by atoms with van der Waals surface area (Å²) in [7, 11) is 0.